The highest BCUT2D eigenvalue weighted by Crippen LogP contribution is 2.33. The van der Waals surface area contributed by atoms with Crippen LogP contribution in [0.25, 0.3) is 23.0 Å². The van der Waals surface area contributed by atoms with E-state index in [1.807, 2.05) is 18.2 Å². The van der Waals surface area contributed by atoms with Crippen LogP contribution in [0.1, 0.15) is 16.8 Å². The van der Waals surface area contributed by atoms with E-state index in [1.165, 1.54) is 0 Å². The van der Waals surface area contributed by atoms with Gasteiger partial charge in [0.05, 0.1) is 18.1 Å². The van der Waals surface area contributed by atoms with E-state index in [0.717, 1.165) is 29.0 Å². The highest BCUT2D eigenvalue weighted by molar-refractivity contribution is 7.90. The molecule has 0 radical (unpaired) electrons. The summed E-state index contributed by atoms with van der Waals surface area (Å²) in [4.78, 5) is 4.46. The zero-order valence-electron chi connectivity index (χ0n) is 14.1. The Bertz CT molecular complexity index is 1130. The summed E-state index contributed by atoms with van der Waals surface area (Å²) in [6.07, 6.45) is 1.31. The number of ether oxygens (including phenoxy) is 1. The Balaban J connectivity index is 1.56. The first-order valence-electron chi connectivity index (χ1n) is 8.35. The zero-order chi connectivity index (χ0) is 17.9. The molecule has 2 aliphatic heterocycles. The van der Waals surface area contributed by atoms with Gasteiger partial charge in [0.25, 0.3) is 5.89 Å². The molecule has 26 heavy (non-hydrogen) atoms. The molecule has 2 aromatic heterocycles. The molecule has 0 saturated carbocycles. The van der Waals surface area contributed by atoms with Crippen LogP contribution in [0.15, 0.2) is 22.7 Å². The van der Waals surface area contributed by atoms with Gasteiger partial charge in [-0.25, -0.2) is 8.42 Å². The molecule has 0 spiro atoms. The van der Waals surface area contributed by atoms with Crippen molar-refractivity contribution in [1.29, 1.82) is 0 Å². The number of hydrogen-bond donors (Lipinski definition) is 0. The van der Waals surface area contributed by atoms with E-state index < -0.39 is 9.84 Å². The third-order valence-electron chi connectivity index (χ3n) is 4.87. The van der Waals surface area contributed by atoms with E-state index in [1.54, 1.807) is 11.7 Å². The Hall–Kier alpha value is -2.68. The fraction of sp³-hybridized carbons (Fsp3) is 0.353. The molecule has 0 N–H and O–H groups in total. The van der Waals surface area contributed by atoms with Crippen LogP contribution in [0.4, 0.5) is 0 Å². The van der Waals surface area contributed by atoms with Gasteiger partial charge in [-0.1, -0.05) is 5.16 Å². The lowest BCUT2D eigenvalue weighted by atomic mass is 10.1. The SMILES string of the molecule is Cn1nc(-c2nc(-c3ccc4c(c3)CCO4)no2)c2c1CCS(=O)(=O)C2. The fourth-order valence-electron chi connectivity index (χ4n) is 3.55. The summed E-state index contributed by atoms with van der Waals surface area (Å²) in [6, 6.07) is 5.79. The maximum absolute atomic E-state index is 12.0. The van der Waals surface area contributed by atoms with Gasteiger partial charge in [0.15, 0.2) is 15.5 Å². The van der Waals surface area contributed by atoms with Crippen LogP contribution in [-0.2, 0) is 35.5 Å². The van der Waals surface area contributed by atoms with Crippen LogP contribution in [0.5, 0.6) is 5.75 Å². The molecule has 0 aliphatic carbocycles. The molecule has 0 atom stereocenters. The lowest BCUT2D eigenvalue weighted by Crippen LogP contribution is -2.20. The van der Waals surface area contributed by atoms with Crippen molar-refractivity contribution in [3.63, 3.8) is 0 Å². The Labute approximate surface area is 149 Å². The standard InChI is InChI=1S/C17H16N4O4S/c1-21-13-5-7-26(22,23)9-12(13)15(19-21)17-18-16(20-25-17)11-2-3-14-10(8-11)4-6-24-14/h2-3,8H,4-7,9H2,1H3. The van der Waals surface area contributed by atoms with Crippen molar-refractivity contribution in [2.24, 2.45) is 7.05 Å². The lowest BCUT2D eigenvalue weighted by molar-refractivity contribution is 0.357. The largest absolute Gasteiger partial charge is 0.493 e. The minimum atomic E-state index is -3.12. The van der Waals surface area contributed by atoms with Crippen molar-refractivity contribution in [1.82, 2.24) is 19.9 Å². The molecule has 4 heterocycles. The number of fused-ring (bicyclic) bond motifs is 2. The zero-order valence-corrected chi connectivity index (χ0v) is 14.9. The first-order chi connectivity index (χ1) is 12.5. The van der Waals surface area contributed by atoms with Gasteiger partial charge in [-0.15, -0.1) is 0 Å². The summed E-state index contributed by atoms with van der Waals surface area (Å²) < 4.78 is 36.7. The Kier molecular flexibility index (Phi) is 3.24. The van der Waals surface area contributed by atoms with E-state index in [-0.39, 0.29) is 17.4 Å². The third-order valence-corrected chi connectivity index (χ3v) is 6.42. The first-order valence-corrected chi connectivity index (χ1v) is 10.2. The van der Waals surface area contributed by atoms with Crippen LogP contribution in [-0.4, -0.2) is 40.7 Å². The summed E-state index contributed by atoms with van der Waals surface area (Å²) in [5.74, 6) is 1.69. The van der Waals surface area contributed by atoms with E-state index >= 15 is 0 Å². The molecule has 0 unspecified atom stereocenters. The van der Waals surface area contributed by atoms with Crippen LogP contribution >= 0.6 is 0 Å². The van der Waals surface area contributed by atoms with Crippen LogP contribution < -0.4 is 4.74 Å². The molecular weight excluding hydrogens is 356 g/mol. The maximum atomic E-state index is 12.0. The Morgan fingerprint density at radius 3 is 3.00 bits per heavy atom. The molecule has 0 saturated heterocycles. The molecular formula is C17H16N4O4S. The molecule has 0 amide bonds. The Morgan fingerprint density at radius 1 is 1.23 bits per heavy atom. The van der Waals surface area contributed by atoms with Crippen molar-refractivity contribution in [3.8, 4) is 28.7 Å². The van der Waals surface area contributed by atoms with Gasteiger partial charge in [0.2, 0.25) is 5.82 Å². The number of rotatable bonds is 2. The average molecular weight is 372 g/mol. The quantitative estimate of drug-likeness (QED) is 0.673. The molecule has 8 nitrogen and oxygen atoms in total. The van der Waals surface area contributed by atoms with Gasteiger partial charge in [0.1, 0.15) is 5.75 Å². The maximum Gasteiger partial charge on any atom is 0.279 e. The summed E-state index contributed by atoms with van der Waals surface area (Å²) >= 11 is 0. The predicted octanol–water partition coefficient (Wildman–Crippen LogP) is 1.54. The number of aromatic nitrogens is 4. The van der Waals surface area contributed by atoms with Gasteiger partial charge < -0.3 is 9.26 Å². The molecule has 9 heteroatoms. The van der Waals surface area contributed by atoms with Crippen molar-refractivity contribution >= 4 is 9.84 Å². The van der Waals surface area contributed by atoms with Gasteiger partial charge in [-0.05, 0) is 23.8 Å². The Morgan fingerprint density at radius 2 is 2.12 bits per heavy atom. The summed E-state index contributed by atoms with van der Waals surface area (Å²) in [6.45, 7) is 0.685. The van der Waals surface area contributed by atoms with Crippen molar-refractivity contribution in [3.05, 3.63) is 35.0 Å². The van der Waals surface area contributed by atoms with E-state index in [2.05, 4.69) is 15.2 Å². The summed E-state index contributed by atoms with van der Waals surface area (Å²) in [5, 5.41) is 8.49. The second-order valence-electron chi connectivity index (χ2n) is 6.58. The highest BCUT2D eigenvalue weighted by Gasteiger charge is 2.30. The topological polar surface area (TPSA) is 100 Å². The lowest BCUT2D eigenvalue weighted by Gasteiger charge is -2.12. The van der Waals surface area contributed by atoms with Crippen molar-refractivity contribution in [2.45, 2.75) is 18.6 Å². The van der Waals surface area contributed by atoms with E-state index in [4.69, 9.17) is 9.26 Å². The molecule has 0 bridgehead atoms. The number of benzene rings is 1. The average Bonchev–Trinajstić information content (AvgIpc) is 3.31. The van der Waals surface area contributed by atoms with E-state index in [9.17, 15) is 8.42 Å². The smallest absolute Gasteiger partial charge is 0.279 e. The van der Waals surface area contributed by atoms with Gasteiger partial charge in [-0.2, -0.15) is 10.1 Å². The van der Waals surface area contributed by atoms with Crippen LogP contribution in [0.3, 0.4) is 0 Å². The van der Waals surface area contributed by atoms with E-state index in [0.29, 0.717) is 30.1 Å². The number of aryl methyl sites for hydroxylation is 1. The number of hydrogen-bond acceptors (Lipinski definition) is 7. The minimum absolute atomic E-state index is 0.0423. The molecule has 5 rings (SSSR count). The second-order valence-corrected chi connectivity index (χ2v) is 8.77. The minimum Gasteiger partial charge on any atom is -0.493 e. The van der Waals surface area contributed by atoms with Crippen LogP contribution in [0.2, 0.25) is 0 Å². The highest BCUT2D eigenvalue weighted by atomic mass is 32.2. The van der Waals surface area contributed by atoms with Crippen molar-refractivity contribution < 1.29 is 17.7 Å². The summed E-state index contributed by atoms with van der Waals surface area (Å²) in [5.41, 5.74) is 3.98. The molecule has 1 aromatic carbocycles. The number of sulfone groups is 1. The third kappa shape index (κ3) is 2.42. The van der Waals surface area contributed by atoms with Gasteiger partial charge >= 0.3 is 0 Å². The predicted molar refractivity (Wildman–Crippen MR) is 92.3 cm³/mol. The molecule has 2 aliphatic rings. The van der Waals surface area contributed by atoms with Gasteiger partial charge in [-0.3, -0.25) is 4.68 Å². The molecule has 134 valence electrons. The monoisotopic (exact) mass is 372 g/mol. The summed E-state index contributed by atoms with van der Waals surface area (Å²) in [7, 11) is -1.32. The van der Waals surface area contributed by atoms with Crippen LogP contribution in [0, 0.1) is 0 Å². The molecule has 0 fully saturated rings. The normalized spacial score (nSPS) is 17.6. The van der Waals surface area contributed by atoms with Crippen molar-refractivity contribution in [2.75, 3.05) is 12.4 Å². The first kappa shape index (κ1) is 15.6. The fourth-order valence-corrected chi connectivity index (χ4v) is 4.94. The van der Waals surface area contributed by atoms with Gasteiger partial charge in [0, 0.05) is 36.7 Å². The second kappa shape index (κ2) is 5.41. The number of nitrogens with zero attached hydrogens (tertiary/aromatic N) is 4. The molecule has 3 aromatic rings.